The van der Waals surface area contributed by atoms with Gasteiger partial charge in [-0.05, 0) is 66.1 Å². The minimum absolute atomic E-state index is 0.0265. The Morgan fingerprint density at radius 3 is 2.60 bits per heavy atom. The first-order valence-electron chi connectivity index (χ1n) is 9.11. The SMILES string of the molecule is Cc1ccc(Cl)cc1NC(=O)/C(C#N)=C/c1cccc(OCc2cccc(Cl)c2)c1. The first-order chi connectivity index (χ1) is 14.4. The zero-order valence-corrected chi connectivity index (χ0v) is 17.7. The van der Waals surface area contributed by atoms with Crippen molar-refractivity contribution in [3.05, 3.63) is 99.0 Å². The van der Waals surface area contributed by atoms with Crippen LogP contribution in [-0.2, 0) is 11.4 Å². The second kappa shape index (κ2) is 9.98. The molecule has 3 aromatic rings. The lowest BCUT2D eigenvalue weighted by molar-refractivity contribution is -0.112. The Labute approximate surface area is 185 Å². The van der Waals surface area contributed by atoms with E-state index in [4.69, 9.17) is 27.9 Å². The predicted molar refractivity (Wildman–Crippen MR) is 121 cm³/mol. The molecule has 0 aliphatic rings. The molecule has 0 aliphatic carbocycles. The molecule has 1 amide bonds. The third kappa shape index (κ3) is 5.87. The van der Waals surface area contributed by atoms with Crippen LogP contribution in [0.25, 0.3) is 6.08 Å². The number of nitrogens with zero attached hydrogens (tertiary/aromatic N) is 1. The highest BCUT2D eigenvalue weighted by Gasteiger charge is 2.11. The number of hydrogen-bond acceptors (Lipinski definition) is 3. The van der Waals surface area contributed by atoms with E-state index in [0.717, 1.165) is 11.1 Å². The molecular weight excluding hydrogens is 419 g/mol. The van der Waals surface area contributed by atoms with Crippen LogP contribution in [0.15, 0.2) is 72.3 Å². The molecule has 0 atom stereocenters. The van der Waals surface area contributed by atoms with Crippen LogP contribution in [0, 0.1) is 18.3 Å². The molecule has 3 aromatic carbocycles. The summed E-state index contributed by atoms with van der Waals surface area (Å²) in [5.74, 6) is 0.111. The lowest BCUT2D eigenvalue weighted by Gasteiger charge is -2.09. The zero-order valence-electron chi connectivity index (χ0n) is 16.2. The van der Waals surface area contributed by atoms with Crippen molar-refractivity contribution in [1.82, 2.24) is 0 Å². The zero-order chi connectivity index (χ0) is 21.5. The molecule has 0 spiro atoms. The Morgan fingerprint density at radius 1 is 1.07 bits per heavy atom. The van der Waals surface area contributed by atoms with E-state index < -0.39 is 5.91 Å². The van der Waals surface area contributed by atoms with Crippen molar-refractivity contribution < 1.29 is 9.53 Å². The molecule has 0 bridgehead atoms. The number of nitriles is 1. The summed E-state index contributed by atoms with van der Waals surface area (Å²) in [5.41, 5.74) is 3.00. The molecule has 0 saturated carbocycles. The number of benzene rings is 3. The summed E-state index contributed by atoms with van der Waals surface area (Å²) in [6.07, 6.45) is 1.52. The van der Waals surface area contributed by atoms with Crippen LogP contribution >= 0.6 is 23.2 Å². The highest BCUT2D eigenvalue weighted by atomic mass is 35.5. The van der Waals surface area contributed by atoms with E-state index >= 15 is 0 Å². The van der Waals surface area contributed by atoms with Crippen molar-refractivity contribution in [2.75, 3.05) is 5.32 Å². The van der Waals surface area contributed by atoms with Crippen molar-refractivity contribution in [2.45, 2.75) is 13.5 Å². The van der Waals surface area contributed by atoms with Gasteiger partial charge in [-0.3, -0.25) is 4.79 Å². The third-order valence-corrected chi connectivity index (χ3v) is 4.75. The van der Waals surface area contributed by atoms with Crippen LogP contribution in [-0.4, -0.2) is 5.91 Å². The molecule has 0 heterocycles. The van der Waals surface area contributed by atoms with Gasteiger partial charge in [0.05, 0.1) is 0 Å². The normalized spacial score (nSPS) is 10.9. The van der Waals surface area contributed by atoms with E-state index in [-0.39, 0.29) is 5.57 Å². The van der Waals surface area contributed by atoms with Crippen LogP contribution in [0.3, 0.4) is 0 Å². The molecular formula is C24H18Cl2N2O2. The number of rotatable bonds is 6. The number of carbonyl (C=O) groups excluding carboxylic acids is 1. The maximum Gasteiger partial charge on any atom is 0.266 e. The maximum absolute atomic E-state index is 12.6. The summed E-state index contributed by atoms with van der Waals surface area (Å²) < 4.78 is 5.80. The van der Waals surface area contributed by atoms with Gasteiger partial charge in [-0.15, -0.1) is 0 Å². The second-order valence-electron chi connectivity index (χ2n) is 6.57. The highest BCUT2D eigenvalue weighted by Crippen LogP contribution is 2.22. The molecule has 0 aromatic heterocycles. The van der Waals surface area contributed by atoms with Crippen LogP contribution in [0.5, 0.6) is 5.75 Å². The molecule has 3 rings (SSSR count). The van der Waals surface area contributed by atoms with Gasteiger partial charge in [0.2, 0.25) is 0 Å². The number of ether oxygens (including phenoxy) is 1. The first-order valence-corrected chi connectivity index (χ1v) is 9.87. The minimum atomic E-state index is -0.506. The fourth-order valence-electron chi connectivity index (χ4n) is 2.72. The van der Waals surface area contributed by atoms with E-state index in [2.05, 4.69) is 5.32 Å². The molecule has 30 heavy (non-hydrogen) atoms. The summed E-state index contributed by atoms with van der Waals surface area (Å²) in [6.45, 7) is 2.20. The molecule has 1 N–H and O–H groups in total. The van der Waals surface area contributed by atoms with Crippen molar-refractivity contribution in [3.63, 3.8) is 0 Å². The van der Waals surface area contributed by atoms with Crippen molar-refractivity contribution in [3.8, 4) is 11.8 Å². The van der Waals surface area contributed by atoms with Gasteiger partial charge in [-0.1, -0.05) is 53.5 Å². The van der Waals surface area contributed by atoms with Gasteiger partial charge >= 0.3 is 0 Å². The molecule has 0 aliphatic heterocycles. The van der Waals surface area contributed by atoms with Crippen molar-refractivity contribution in [2.24, 2.45) is 0 Å². The average Bonchev–Trinajstić information content (AvgIpc) is 2.73. The Bertz CT molecular complexity index is 1150. The quantitative estimate of drug-likeness (QED) is 0.357. The number of anilines is 1. The van der Waals surface area contributed by atoms with E-state index in [0.29, 0.717) is 33.7 Å². The minimum Gasteiger partial charge on any atom is -0.489 e. The Hall–Kier alpha value is -3.26. The standard InChI is InChI=1S/C24H18Cl2N2O2/c1-16-8-9-21(26)13-23(16)28-24(29)19(14-27)10-17-4-3-7-22(12-17)30-15-18-5-2-6-20(25)11-18/h2-13H,15H2,1H3,(H,28,29)/b19-10+. The Kier molecular flexibility index (Phi) is 7.13. The molecule has 0 unspecified atom stereocenters. The van der Waals surface area contributed by atoms with E-state index in [9.17, 15) is 10.1 Å². The Morgan fingerprint density at radius 2 is 1.83 bits per heavy atom. The van der Waals surface area contributed by atoms with E-state index in [1.54, 1.807) is 42.5 Å². The number of hydrogen-bond donors (Lipinski definition) is 1. The van der Waals surface area contributed by atoms with Gasteiger partial charge in [-0.25, -0.2) is 0 Å². The highest BCUT2D eigenvalue weighted by molar-refractivity contribution is 6.31. The fraction of sp³-hybridized carbons (Fsp3) is 0.0833. The van der Waals surface area contributed by atoms with Crippen LogP contribution in [0.2, 0.25) is 10.0 Å². The van der Waals surface area contributed by atoms with Crippen LogP contribution in [0.1, 0.15) is 16.7 Å². The topological polar surface area (TPSA) is 62.1 Å². The Balaban J connectivity index is 1.73. The number of amides is 1. The summed E-state index contributed by atoms with van der Waals surface area (Å²) in [7, 11) is 0. The third-order valence-electron chi connectivity index (χ3n) is 4.28. The molecule has 0 fully saturated rings. The lowest BCUT2D eigenvalue weighted by atomic mass is 10.1. The van der Waals surface area contributed by atoms with Gasteiger partial charge in [0.15, 0.2) is 0 Å². The fourth-order valence-corrected chi connectivity index (χ4v) is 3.11. The van der Waals surface area contributed by atoms with Crippen molar-refractivity contribution in [1.29, 1.82) is 5.26 Å². The molecule has 6 heteroatoms. The number of carbonyl (C=O) groups is 1. The summed E-state index contributed by atoms with van der Waals surface area (Å²) in [4.78, 5) is 12.6. The lowest BCUT2D eigenvalue weighted by Crippen LogP contribution is -2.14. The number of aryl methyl sites for hydroxylation is 1. The number of nitrogens with one attached hydrogen (secondary N) is 1. The smallest absolute Gasteiger partial charge is 0.266 e. The average molecular weight is 437 g/mol. The van der Waals surface area contributed by atoms with Gasteiger partial charge in [-0.2, -0.15) is 5.26 Å². The van der Waals surface area contributed by atoms with Gasteiger partial charge in [0.1, 0.15) is 24.0 Å². The van der Waals surface area contributed by atoms with E-state index in [1.165, 1.54) is 6.08 Å². The summed E-state index contributed by atoms with van der Waals surface area (Å²) in [5, 5.41) is 13.3. The van der Waals surface area contributed by atoms with Crippen molar-refractivity contribution >= 4 is 40.9 Å². The van der Waals surface area contributed by atoms with Gasteiger partial charge < -0.3 is 10.1 Å². The largest absolute Gasteiger partial charge is 0.489 e. The molecule has 150 valence electrons. The van der Waals surface area contributed by atoms with Crippen LogP contribution in [0.4, 0.5) is 5.69 Å². The molecule has 0 saturated heterocycles. The van der Waals surface area contributed by atoms with Gasteiger partial charge in [0.25, 0.3) is 5.91 Å². The monoisotopic (exact) mass is 436 g/mol. The predicted octanol–water partition coefficient (Wildman–Crippen LogP) is 6.43. The van der Waals surface area contributed by atoms with Gasteiger partial charge in [0, 0.05) is 15.7 Å². The summed E-state index contributed by atoms with van der Waals surface area (Å²) in [6, 6.07) is 21.7. The van der Waals surface area contributed by atoms with Crippen LogP contribution < -0.4 is 10.1 Å². The summed E-state index contributed by atoms with van der Waals surface area (Å²) >= 11 is 12.0. The molecule has 0 radical (unpaired) electrons. The number of halogens is 2. The second-order valence-corrected chi connectivity index (χ2v) is 7.45. The molecule has 4 nitrogen and oxygen atoms in total. The maximum atomic E-state index is 12.6. The van der Waals surface area contributed by atoms with E-state index in [1.807, 2.05) is 37.3 Å². The first kappa shape index (κ1) is 21.4.